The molecule has 1 heterocycles. The Hall–Kier alpha value is -4.19. The van der Waals surface area contributed by atoms with Gasteiger partial charge in [0, 0.05) is 17.7 Å². The zero-order chi connectivity index (χ0) is 24.1. The minimum Gasteiger partial charge on any atom is -0.493 e. The lowest BCUT2D eigenvalue weighted by Crippen LogP contribution is -2.33. The molecule has 0 aromatic heterocycles. The predicted octanol–water partition coefficient (Wildman–Crippen LogP) is 2.99. The van der Waals surface area contributed by atoms with E-state index in [0.717, 1.165) is 17.0 Å². The molecule has 0 atom stereocenters. The molecule has 1 aliphatic rings. The van der Waals surface area contributed by atoms with Gasteiger partial charge in [0.1, 0.15) is 0 Å². The fourth-order valence-corrected chi connectivity index (χ4v) is 3.66. The highest BCUT2D eigenvalue weighted by molar-refractivity contribution is 8.18. The third kappa shape index (κ3) is 5.54. The van der Waals surface area contributed by atoms with Gasteiger partial charge in [0.05, 0.1) is 23.5 Å². The minimum absolute atomic E-state index is 0.0813. The smallest absolute Gasteiger partial charge is 0.341 e. The first-order valence-electron chi connectivity index (χ1n) is 9.25. The van der Waals surface area contributed by atoms with Crippen LogP contribution in [0.1, 0.15) is 15.9 Å². The summed E-state index contributed by atoms with van der Waals surface area (Å²) in [6.07, 6.45) is 1.44. The van der Waals surface area contributed by atoms with Crippen molar-refractivity contribution in [2.45, 2.75) is 0 Å². The molecule has 3 rings (SSSR count). The molecule has 0 radical (unpaired) electrons. The van der Waals surface area contributed by atoms with Crippen molar-refractivity contribution in [2.75, 3.05) is 20.3 Å². The van der Waals surface area contributed by atoms with E-state index in [9.17, 15) is 29.3 Å². The van der Waals surface area contributed by atoms with Crippen LogP contribution in [0.3, 0.4) is 0 Å². The summed E-state index contributed by atoms with van der Waals surface area (Å²) in [4.78, 5) is 59.1. The Morgan fingerprint density at radius 1 is 1.15 bits per heavy atom. The van der Waals surface area contributed by atoms with Gasteiger partial charge in [0.2, 0.25) is 0 Å². The molecule has 0 unspecified atom stereocenters. The summed E-state index contributed by atoms with van der Waals surface area (Å²) in [5, 5.41) is 18.8. The summed E-state index contributed by atoms with van der Waals surface area (Å²) in [6.45, 7) is -1.07. The number of nitrogens with zero attached hydrogens (tertiary/aromatic N) is 2. The summed E-state index contributed by atoms with van der Waals surface area (Å²) in [6, 6.07) is 9.38. The highest BCUT2D eigenvalue weighted by Crippen LogP contribution is 2.34. The fourth-order valence-electron chi connectivity index (χ4n) is 2.82. The predicted molar refractivity (Wildman–Crippen MR) is 116 cm³/mol. The average molecular weight is 472 g/mol. The number of nitro groups is 1. The zero-order valence-corrected chi connectivity index (χ0v) is 17.9. The summed E-state index contributed by atoms with van der Waals surface area (Å²) >= 11 is 0.659. The Bertz CT molecular complexity index is 1170. The van der Waals surface area contributed by atoms with Crippen molar-refractivity contribution in [3.8, 4) is 11.5 Å². The fraction of sp³-hybridized carbons (Fsp3) is 0.143. The van der Waals surface area contributed by atoms with Gasteiger partial charge in [-0.25, -0.2) is 4.79 Å². The van der Waals surface area contributed by atoms with Crippen LogP contribution in [0.15, 0.2) is 47.4 Å². The van der Waals surface area contributed by atoms with Crippen molar-refractivity contribution in [1.82, 2.24) is 4.90 Å². The van der Waals surface area contributed by atoms with Crippen molar-refractivity contribution in [2.24, 2.45) is 0 Å². The molecule has 1 aliphatic heterocycles. The van der Waals surface area contributed by atoms with Crippen molar-refractivity contribution in [1.29, 1.82) is 0 Å². The van der Waals surface area contributed by atoms with Gasteiger partial charge in [-0.3, -0.25) is 29.4 Å². The molecule has 11 nitrogen and oxygen atoms in total. The molecule has 1 saturated heterocycles. The van der Waals surface area contributed by atoms with Crippen LogP contribution in [0.25, 0.3) is 6.08 Å². The first-order chi connectivity index (χ1) is 15.7. The number of carboxylic acids is 1. The number of nitro benzene ring substituents is 1. The number of imide groups is 1. The number of methoxy groups -OCH3 is 1. The van der Waals surface area contributed by atoms with Crippen LogP contribution in [-0.2, 0) is 9.59 Å². The Labute approximate surface area is 190 Å². The quantitative estimate of drug-likeness (QED) is 0.249. The van der Waals surface area contributed by atoms with Crippen LogP contribution in [-0.4, -0.2) is 58.1 Å². The van der Waals surface area contributed by atoms with E-state index in [2.05, 4.69) is 0 Å². The van der Waals surface area contributed by atoms with Crippen molar-refractivity contribution in [3.05, 3.63) is 68.6 Å². The Morgan fingerprint density at radius 3 is 2.45 bits per heavy atom. The molecule has 33 heavy (non-hydrogen) atoms. The maximum atomic E-state index is 12.7. The number of thioether (sulfide) groups is 1. The van der Waals surface area contributed by atoms with Gasteiger partial charge in [-0.2, -0.15) is 0 Å². The number of rotatable bonds is 9. The molecule has 170 valence electrons. The Morgan fingerprint density at radius 2 is 1.85 bits per heavy atom. The van der Waals surface area contributed by atoms with Gasteiger partial charge >= 0.3 is 5.97 Å². The average Bonchev–Trinajstić information content (AvgIpc) is 3.05. The second-order valence-electron chi connectivity index (χ2n) is 6.59. The molecule has 1 fully saturated rings. The summed E-state index contributed by atoms with van der Waals surface area (Å²) in [5.41, 5.74) is 0.433. The normalized spacial score (nSPS) is 14.5. The molecule has 1 N–H and O–H groups in total. The lowest BCUT2D eigenvalue weighted by Gasteiger charge is -2.11. The van der Waals surface area contributed by atoms with Crippen LogP contribution < -0.4 is 9.47 Å². The number of hydrogen-bond acceptors (Lipinski definition) is 9. The van der Waals surface area contributed by atoms with Crippen LogP contribution in [0.4, 0.5) is 10.5 Å². The Kier molecular flexibility index (Phi) is 7.08. The first-order valence-corrected chi connectivity index (χ1v) is 10.1. The van der Waals surface area contributed by atoms with E-state index in [0.29, 0.717) is 17.3 Å². The lowest BCUT2D eigenvalue weighted by molar-refractivity contribution is -0.384. The highest BCUT2D eigenvalue weighted by atomic mass is 32.2. The monoisotopic (exact) mass is 472 g/mol. The maximum Gasteiger partial charge on any atom is 0.341 e. The van der Waals surface area contributed by atoms with E-state index in [1.807, 2.05) is 0 Å². The number of ketones is 1. The standard InChI is InChI=1S/C21H16N2O9S/c1-31-17-8-12(2-7-16(17)32-11-19(25)26)9-18-20(27)22(21(28)33-18)10-15(24)13-3-5-14(6-4-13)23(29)30/h2-9H,10-11H2,1H3,(H,25,26)/b18-9+. The van der Waals surface area contributed by atoms with E-state index in [-0.39, 0.29) is 27.7 Å². The van der Waals surface area contributed by atoms with E-state index in [4.69, 9.17) is 14.6 Å². The maximum absolute atomic E-state index is 12.7. The first kappa shape index (κ1) is 23.5. The molecule has 0 saturated carbocycles. The number of ether oxygens (including phenoxy) is 2. The second kappa shape index (κ2) is 9.96. The lowest BCUT2D eigenvalue weighted by atomic mass is 10.1. The van der Waals surface area contributed by atoms with Crippen molar-refractivity contribution in [3.63, 3.8) is 0 Å². The molecular weight excluding hydrogens is 456 g/mol. The third-order valence-electron chi connectivity index (χ3n) is 4.41. The van der Waals surface area contributed by atoms with E-state index < -0.39 is 41.0 Å². The molecule has 12 heteroatoms. The van der Waals surface area contributed by atoms with Crippen molar-refractivity contribution < 1.29 is 38.7 Å². The molecule has 0 bridgehead atoms. The van der Waals surface area contributed by atoms with Crippen LogP contribution in [0, 0.1) is 10.1 Å². The number of carboxylic acid groups (broad SMARTS) is 1. The van der Waals surface area contributed by atoms with E-state index in [1.165, 1.54) is 37.5 Å². The van der Waals surface area contributed by atoms with Gasteiger partial charge < -0.3 is 14.6 Å². The second-order valence-corrected chi connectivity index (χ2v) is 7.58. The largest absolute Gasteiger partial charge is 0.493 e. The topological polar surface area (TPSA) is 153 Å². The number of aliphatic carboxylic acids is 1. The van der Waals surface area contributed by atoms with Gasteiger partial charge in [-0.15, -0.1) is 0 Å². The van der Waals surface area contributed by atoms with Gasteiger partial charge in [-0.05, 0) is 47.7 Å². The number of amides is 2. The molecule has 0 spiro atoms. The van der Waals surface area contributed by atoms with Crippen LogP contribution in [0.2, 0.25) is 0 Å². The van der Waals surface area contributed by atoms with E-state index in [1.54, 1.807) is 6.07 Å². The third-order valence-corrected chi connectivity index (χ3v) is 5.32. The van der Waals surface area contributed by atoms with Gasteiger partial charge in [0.25, 0.3) is 16.8 Å². The number of benzene rings is 2. The SMILES string of the molecule is COc1cc(/C=C2/SC(=O)N(CC(=O)c3ccc([N+](=O)[O-])cc3)C2=O)ccc1OCC(=O)O. The van der Waals surface area contributed by atoms with Crippen molar-refractivity contribution >= 4 is 46.4 Å². The highest BCUT2D eigenvalue weighted by Gasteiger charge is 2.36. The van der Waals surface area contributed by atoms with Gasteiger partial charge in [0.15, 0.2) is 23.9 Å². The number of carbonyl (C=O) groups is 4. The van der Waals surface area contributed by atoms with Gasteiger partial charge in [-0.1, -0.05) is 6.07 Å². The molecule has 2 aromatic rings. The molecule has 0 aliphatic carbocycles. The summed E-state index contributed by atoms with van der Waals surface area (Å²) < 4.78 is 10.3. The summed E-state index contributed by atoms with van der Waals surface area (Å²) in [7, 11) is 1.37. The molecule has 2 aromatic carbocycles. The van der Waals surface area contributed by atoms with Crippen LogP contribution >= 0.6 is 11.8 Å². The van der Waals surface area contributed by atoms with E-state index >= 15 is 0 Å². The summed E-state index contributed by atoms with van der Waals surface area (Å²) in [5.74, 6) is -1.94. The number of hydrogen-bond donors (Lipinski definition) is 1. The van der Waals surface area contributed by atoms with Crippen LogP contribution in [0.5, 0.6) is 11.5 Å². The molecule has 2 amide bonds. The number of carbonyl (C=O) groups excluding carboxylic acids is 3. The number of Topliss-reactive ketones (excluding diaryl/α,β-unsaturated/α-hetero) is 1. The zero-order valence-electron chi connectivity index (χ0n) is 17.0. The Balaban J connectivity index is 1.74. The number of non-ortho nitro benzene ring substituents is 1. The molecular formula is C21H16N2O9S. The minimum atomic E-state index is -1.15.